The molecule has 202 valence electrons. The van der Waals surface area contributed by atoms with Gasteiger partial charge < -0.3 is 20.1 Å². The number of halogens is 3. The van der Waals surface area contributed by atoms with Gasteiger partial charge in [0, 0.05) is 6.04 Å². The molecule has 0 saturated heterocycles. The van der Waals surface area contributed by atoms with Crippen molar-refractivity contribution in [2.75, 3.05) is 12.1 Å². The molecule has 1 aromatic carbocycles. The lowest BCUT2D eigenvalue weighted by Crippen LogP contribution is -2.47. The van der Waals surface area contributed by atoms with Gasteiger partial charge in [0.1, 0.15) is 23.7 Å². The van der Waals surface area contributed by atoms with E-state index in [9.17, 15) is 27.6 Å². The molecule has 2 aromatic heterocycles. The fourth-order valence-electron chi connectivity index (χ4n) is 3.54. The number of ether oxygens (including phenoxy) is 1. The molecule has 0 bridgehead atoms. The molecule has 5 N–H and O–H groups in total. The number of nitrogens with zero attached hydrogens (tertiary/aromatic N) is 4. The van der Waals surface area contributed by atoms with Crippen LogP contribution in [-0.2, 0) is 26.8 Å². The maximum absolute atomic E-state index is 13.9. The summed E-state index contributed by atoms with van der Waals surface area (Å²) in [6.45, 7) is 6.29. The van der Waals surface area contributed by atoms with Crippen molar-refractivity contribution in [1.29, 1.82) is 0 Å². The van der Waals surface area contributed by atoms with Crippen molar-refractivity contribution in [3.63, 3.8) is 0 Å². The molecule has 15 heteroatoms. The highest BCUT2D eigenvalue weighted by Gasteiger charge is 2.37. The maximum Gasteiger partial charge on any atom is 0.416 e. The number of nitrogens with two attached hydrogens (primary N) is 1. The molecular formula is C22H29F3N7O4P. The van der Waals surface area contributed by atoms with Gasteiger partial charge in [0.15, 0.2) is 11.5 Å². The molecule has 37 heavy (non-hydrogen) atoms. The Balaban J connectivity index is 1.75. The predicted molar refractivity (Wildman–Crippen MR) is 131 cm³/mol. The van der Waals surface area contributed by atoms with E-state index in [4.69, 9.17) is 10.5 Å². The van der Waals surface area contributed by atoms with Crippen LogP contribution >= 0.6 is 7.44 Å². The Morgan fingerprint density at radius 1 is 1.19 bits per heavy atom. The van der Waals surface area contributed by atoms with Crippen LogP contribution in [0.25, 0.3) is 11.2 Å². The maximum atomic E-state index is 13.9. The Morgan fingerprint density at radius 3 is 2.43 bits per heavy atom. The topological polar surface area (TPSA) is 157 Å². The number of hydrogen-bond donors (Lipinski definition) is 4. The van der Waals surface area contributed by atoms with Crippen LogP contribution in [0.4, 0.5) is 19.0 Å². The number of aromatic nitrogens is 4. The molecule has 0 radical (unpaired) electrons. The van der Waals surface area contributed by atoms with Crippen molar-refractivity contribution in [3.8, 4) is 0 Å². The minimum atomic E-state index is -4.49. The van der Waals surface area contributed by atoms with Gasteiger partial charge in [0.05, 0.1) is 24.5 Å². The molecule has 0 amide bonds. The van der Waals surface area contributed by atoms with Crippen molar-refractivity contribution in [2.45, 2.75) is 58.1 Å². The molecule has 0 saturated carbocycles. The average Bonchev–Trinajstić information content (AvgIpc) is 3.21. The first-order chi connectivity index (χ1) is 17.1. The van der Waals surface area contributed by atoms with E-state index in [2.05, 4.69) is 25.1 Å². The summed E-state index contributed by atoms with van der Waals surface area (Å²) in [6, 6.07) is 3.71. The Bertz CT molecular complexity index is 1300. The van der Waals surface area contributed by atoms with Crippen LogP contribution in [0.1, 0.15) is 44.9 Å². The number of anilines is 1. The Morgan fingerprint density at radius 2 is 1.84 bits per heavy atom. The second kappa shape index (κ2) is 10.7. The zero-order valence-corrected chi connectivity index (χ0v) is 21.5. The quantitative estimate of drug-likeness (QED) is 0.262. The third kappa shape index (κ3) is 7.04. The number of hydrogen-bond acceptors (Lipinski definition) is 7. The number of carbonyl (C=O) groups is 1. The minimum absolute atomic E-state index is 0.225. The Kier molecular flexibility index (Phi) is 8.27. The molecule has 0 aliphatic rings. The van der Waals surface area contributed by atoms with Crippen molar-refractivity contribution < 1.29 is 32.4 Å². The zero-order chi connectivity index (χ0) is 27.6. The number of rotatable bonds is 11. The van der Waals surface area contributed by atoms with Gasteiger partial charge in [-0.2, -0.15) is 13.2 Å². The molecular weight excluding hydrogens is 514 g/mol. The van der Waals surface area contributed by atoms with E-state index >= 15 is 0 Å². The second-order valence-corrected chi connectivity index (χ2v) is 11.4. The summed E-state index contributed by atoms with van der Waals surface area (Å²) in [5.74, 6) is -1.02. The fourth-order valence-corrected chi connectivity index (χ4v) is 5.98. The highest BCUT2D eigenvalue weighted by atomic mass is 31.2. The molecule has 3 rings (SSSR count). The number of imidazole rings is 1. The van der Waals surface area contributed by atoms with E-state index in [1.54, 1.807) is 18.4 Å². The first kappa shape index (κ1) is 28.5. The monoisotopic (exact) mass is 543 g/mol. The standard InChI is InChI=1S/C22H29F3N7O4P/c1-13(9-32-11-29-17-18(26)27-10-28-19(17)32)36-12-37(35,31-21(3,4)20(33)34)30-14(2)15-5-7-16(8-6-15)22(23,24)25/h5-8,10-11,13-14H,9,12H2,1-4H3,(H,33,34)(H2,26,27,28)(H2,30,31,35)/t13-,14+,37-/m1/s1. The van der Waals surface area contributed by atoms with Crippen LogP contribution in [0, 0.1) is 0 Å². The molecule has 2 heterocycles. The molecule has 0 fully saturated rings. The van der Waals surface area contributed by atoms with E-state index < -0.39 is 49.2 Å². The van der Waals surface area contributed by atoms with Gasteiger partial charge in [0.25, 0.3) is 0 Å². The van der Waals surface area contributed by atoms with E-state index in [1.165, 1.54) is 38.6 Å². The largest absolute Gasteiger partial charge is 0.480 e. The molecule has 3 atom stereocenters. The van der Waals surface area contributed by atoms with Gasteiger partial charge in [0.2, 0.25) is 7.44 Å². The van der Waals surface area contributed by atoms with E-state index in [0.29, 0.717) is 16.7 Å². The first-order valence-corrected chi connectivity index (χ1v) is 13.1. The van der Waals surface area contributed by atoms with Crippen molar-refractivity contribution in [2.24, 2.45) is 0 Å². The number of nitrogen functional groups attached to an aromatic ring is 1. The Labute approximate surface area is 211 Å². The molecule has 3 aromatic rings. The van der Waals surface area contributed by atoms with Crippen molar-refractivity contribution >= 4 is 30.4 Å². The highest BCUT2D eigenvalue weighted by Crippen LogP contribution is 2.42. The number of carboxylic acid groups (broad SMARTS) is 1. The van der Waals surface area contributed by atoms with Gasteiger partial charge in [-0.05, 0) is 45.4 Å². The van der Waals surface area contributed by atoms with Crippen molar-refractivity contribution in [3.05, 3.63) is 48.0 Å². The van der Waals surface area contributed by atoms with Gasteiger partial charge in [-0.1, -0.05) is 12.1 Å². The summed E-state index contributed by atoms with van der Waals surface area (Å²) >= 11 is 0. The van der Waals surface area contributed by atoms with Gasteiger partial charge in [-0.15, -0.1) is 0 Å². The van der Waals surface area contributed by atoms with Gasteiger partial charge in [-0.3, -0.25) is 9.36 Å². The molecule has 0 unspecified atom stereocenters. The molecule has 0 aliphatic carbocycles. The Hall–Kier alpha value is -3.06. The minimum Gasteiger partial charge on any atom is -0.480 e. The molecule has 11 nitrogen and oxygen atoms in total. The van der Waals surface area contributed by atoms with E-state index in [-0.39, 0.29) is 12.4 Å². The normalized spacial score (nSPS) is 15.9. The predicted octanol–water partition coefficient (Wildman–Crippen LogP) is 3.79. The molecule has 0 spiro atoms. The summed E-state index contributed by atoms with van der Waals surface area (Å²) in [7, 11) is -3.76. The summed E-state index contributed by atoms with van der Waals surface area (Å²) in [5.41, 5.74) is 4.75. The van der Waals surface area contributed by atoms with Crippen LogP contribution in [0.2, 0.25) is 0 Å². The number of benzene rings is 1. The number of nitrogens with one attached hydrogen (secondary N) is 2. The fraction of sp³-hybridized carbons (Fsp3) is 0.455. The van der Waals surface area contributed by atoms with Crippen LogP contribution in [0.5, 0.6) is 0 Å². The molecule has 0 aliphatic heterocycles. The number of carboxylic acids is 1. The summed E-state index contributed by atoms with van der Waals surface area (Å²) in [6.07, 6.45) is -2.58. The summed E-state index contributed by atoms with van der Waals surface area (Å²) in [4.78, 5) is 23.9. The van der Waals surface area contributed by atoms with Crippen LogP contribution in [0.15, 0.2) is 36.9 Å². The number of alkyl halides is 3. The van der Waals surface area contributed by atoms with E-state index in [1.807, 2.05) is 0 Å². The van der Waals surface area contributed by atoms with Gasteiger partial charge >= 0.3 is 12.1 Å². The lowest BCUT2D eigenvalue weighted by atomic mass is 10.1. The lowest BCUT2D eigenvalue weighted by Gasteiger charge is -2.32. The SMILES string of the molecule is C[C@H](Cn1cnc2c(N)ncnc21)OC[P@@](=O)(N[C@@H](C)c1ccc(C(F)(F)F)cc1)NC(C)(C)C(=O)O. The lowest BCUT2D eigenvalue weighted by molar-refractivity contribution is -0.142. The average molecular weight is 543 g/mol. The van der Waals surface area contributed by atoms with E-state index in [0.717, 1.165) is 12.1 Å². The number of fused-ring (bicyclic) bond motifs is 1. The first-order valence-electron chi connectivity index (χ1n) is 11.2. The third-order valence-electron chi connectivity index (χ3n) is 5.56. The van der Waals surface area contributed by atoms with Crippen molar-refractivity contribution in [1.82, 2.24) is 29.7 Å². The zero-order valence-electron chi connectivity index (χ0n) is 20.7. The highest BCUT2D eigenvalue weighted by molar-refractivity contribution is 7.59. The van der Waals surface area contributed by atoms with Crippen LogP contribution < -0.4 is 15.9 Å². The number of aliphatic carboxylic acids is 1. The van der Waals surface area contributed by atoms with Crippen LogP contribution in [-0.4, -0.2) is 48.6 Å². The summed E-state index contributed by atoms with van der Waals surface area (Å²) in [5, 5.41) is 15.0. The second-order valence-electron chi connectivity index (χ2n) is 9.19. The smallest absolute Gasteiger partial charge is 0.416 e. The summed E-state index contributed by atoms with van der Waals surface area (Å²) < 4.78 is 60.1. The van der Waals surface area contributed by atoms with Gasteiger partial charge in [-0.25, -0.2) is 25.1 Å². The third-order valence-corrected chi connectivity index (χ3v) is 7.80. The van der Waals surface area contributed by atoms with Crippen LogP contribution in [0.3, 0.4) is 0 Å².